The van der Waals surface area contributed by atoms with Gasteiger partial charge in [0.2, 0.25) is 11.8 Å². The maximum Gasteiger partial charge on any atom is 0.262 e. The van der Waals surface area contributed by atoms with Gasteiger partial charge in [0.1, 0.15) is 5.56 Å². The Bertz CT molecular complexity index is 1140. The van der Waals surface area contributed by atoms with Crippen molar-refractivity contribution in [1.29, 1.82) is 0 Å². The number of carbonyl (C=O) groups excluding carboxylic acids is 1. The SMILES string of the molecule is CCOc1nc(N2CCNC(C(F)F)C2)ncc1C(=O)Nc1cc(F)c2nc(C)cn2c1. The van der Waals surface area contributed by atoms with Gasteiger partial charge in [-0.25, -0.2) is 23.1 Å². The standard InChI is InChI=1S/C20H22F3N7O2/c1-3-32-19-13(7-25-20(28-19)29-5-4-24-15(10-29)16(22)23)18(31)27-12-6-14(21)17-26-11(2)8-30(17)9-12/h6-9,15-16,24H,3-5,10H2,1-2H3,(H,27,31). The summed E-state index contributed by atoms with van der Waals surface area (Å²) >= 11 is 0. The van der Waals surface area contributed by atoms with Crippen LogP contribution in [0.25, 0.3) is 5.65 Å². The second-order valence-electron chi connectivity index (χ2n) is 7.31. The van der Waals surface area contributed by atoms with Crippen molar-refractivity contribution < 1.29 is 22.7 Å². The highest BCUT2D eigenvalue weighted by atomic mass is 19.3. The highest BCUT2D eigenvalue weighted by Gasteiger charge is 2.29. The average Bonchev–Trinajstić information content (AvgIpc) is 3.14. The summed E-state index contributed by atoms with van der Waals surface area (Å²) in [6.45, 7) is 4.51. The number of anilines is 2. The number of nitrogens with zero attached hydrogens (tertiary/aromatic N) is 5. The normalized spacial score (nSPS) is 16.6. The summed E-state index contributed by atoms with van der Waals surface area (Å²) in [5, 5.41) is 5.36. The number of nitrogens with one attached hydrogen (secondary N) is 2. The van der Waals surface area contributed by atoms with Crippen LogP contribution in [0.15, 0.2) is 24.7 Å². The molecule has 1 unspecified atom stereocenters. The molecule has 0 aliphatic carbocycles. The third kappa shape index (κ3) is 4.44. The molecule has 3 aromatic rings. The zero-order valence-electron chi connectivity index (χ0n) is 17.5. The Hall–Kier alpha value is -3.41. The van der Waals surface area contributed by atoms with E-state index in [9.17, 15) is 18.0 Å². The van der Waals surface area contributed by atoms with Crippen LogP contribution in [-0.4, -0.2) is 64.0 Å². The van der Waals surface area contributed by atoms with Crippen molar-refractivity contribution >= 4 is 23.2 Å². The van der Waals surface area contributed by atoms with Gasteiger partial charge >= 0.3 is 0 Å². The molecule has 170 valence electrons. The van der Waals surface area contributed by atoms with Gasteiger partial charge in [-0.15, -0.1) is 0 Å². The number of rotatable bonds is 6. The summed E-state index contributed by atoms with van der Waals surface area (Å²) in [6.07, 6.45) is 1.93. The molecule has 2 N–H and O–H groups in total. The first-order chi connectivity index (χ1) is 15.4. The number of piperazine rings is 1. The second-order valence-corrected chi connectivity index (χ2v) is 7.31. The molecule has 12 heteroatoms. The number of fused-ring (bicyclic) bond motifs is 1. The maximum atomic E-state index is 14.3. The lowest BCUT2D eigenvalue weighted by Crippen LogP contribution is -2.54. The molecular weight excluding hydrogens is 427 g/mol. The van der Waals surface area contributed by atoms with Gasteiger partial charge in [-0.1, -0.05) is 0 Å². The minimum Gasteiger partial charge on any atom is -0.477 e. The van der Waals surface area contributed by atoms with Crippen molar-refractivity contribution in [3.8, 4) is 5.88 Å². The number of pyridine rings is 1. The highest BCUT2D eigenvalue weighted by molar-refractivity contribution is 6.05. The fraction of sp³-hybridized carbons (Fsp3) is 0.400. The molecule has 1 atom stereocenters. The fourth-order valence-electron chi connectivity index (χ4n) is 3.49. The Morgan fingerprint density at radius 3 is 2.94 bits per heavy atom. The summed E-state index contributed by atoms with van der Waals surface area (Å²) in [4.78, 5) is 27.0. The first kappa shape index (κ1) is 21.8. The summed E-state index contributed by atoms with van der Waals surface area (Å²) in [6, 6.07) is 0.169. The average molecular weight is 449 g/mol. The van der Waals surface area contributed by atoms with E-state index in [0.717, 1.165) is 0 Å². The largest absolute Gasteiger partial charge is 0.477 e. The van der Waals surface area contributed by atoms with Crippen LogP contribution in [0.1, 0.15) is 23.0 Å². The molecule has 0 radical (unpaired) electrons. The van der Waals surface area contributed by atoms with E-state index in [-0.39, 0.29) is 41.9 Å². The molecule has 1 aliphatic heterocycles. The van der Waals surface area contributed by atoms with Gasteiger partial charge in [-0.05, 0) is 13.8 Å². The van der Waals surface area contributed by atoms with E-state index in [1.54, 1.807) is 24.9 Å². The summed E-state index contributed by atoms with van der Waals surface area (Å²) in [5.41, 5.74) is 1.04. The molecule has 1 amide bonds. The Morgan fingerprint density at radius 1 is 1.38 bits per heavy atom. The molecule has 4 heterocycles. The number of hydrogen-bond donors (Lipinski definition) is 2. The minimum atomic E-state index is -2.52. The number of carbonyl (C=O) groups is 1. The summed E-state index contributed by atoms with van der Waals surface area (Å²) in [7, 11) is 0. The van der Waals surface area contributed by atoms with Crippen LogP contribution in [0.5, 0.6) is 5.88 Å². The topological polar surface area (TPSA) is 96.7 Å². The van der Waals surface area contributed by atoms with E-state index >= 15 is 0 Å². The third-order valence-corrected chi connectivity index (χ3v) is 4.94. The van der Waals surface area contributed by atoms with Crippen molar-refractivity contribution in [2.24, 2.45) is 0 Å². The van der Waals surface area contributed by atoms with Crippen LogP contribution in [0.3, 0.4) is 0 Å². The van der Waals surface area contributed by atoms with E-state index in [2.05, 4.69) is 25.6 Å². The van der Waals surface area contributed by atoms with E-state index in [0.29, 0.717) is 18.8 Å². The second kappa shape index (κ2) is 8.99. The van der Waals surface area contributed by atoms with Crippen molar-refractivity contribution in [2.75, 3.05) is 36.5 Å². The zero-order chi connectivity index (χ0) is 22.8. The molecule has 9 nitrogen and oxygen atoms in total. The molecular formula is C20H22F3N7O2. The van der Waals surface area contributed by atoms with Crippen LogP contribution in [-0.2, 0) is 0 Å². The van der Waals surface area contributed by atoms with Gasteiger partial charge < -0.3 is 24.7 Å². The van der Waals surface area contributed by atoms with Crippen LogP contribution in [0, 0.1) is 12.7 Å². The monoisotopic (exact) mass is 449 g/mol. The van der Waals surface area contributed by atoms with Gasteiger partial charge in [0, 0.05) is 44.3 Å². The van der Waals surface area contributed by atoms with Crippen LogP contribution < -0.4 is 20.3 Å². The highest BCUT2D eigenvalue weighted by Crippen LogP contribution is 2.23. The molecule has 0 saturated carbocycles. The Labute approximate surface area is 181 Å². The number of hydrogen-bond acceptors (Lipinski definition) is 7. The van der Waals surface area contributed by atoms with Gasteiger partial charge in [0.15, 0.2) is 11.5 Å². The molecule has 1 saturated heterocycles. The number of ether oxygens (including phenoxy) is 1. The number of amides is 1. The van der Waals surface area contributed by atoms with Crippen LogP contribution in [0.2, 0.25) is 0 Å². The lowest BCUT2D eigenvalue weighted by Gasteiger charge is -2.33. The Morgan fingerprint density at radius 2 is 2.19 bits per heavy atom. The first-order valence-corrected chi connectivity index (χ1v) is 10.1. The smallest absolute Gasteiger partial charge is 0.262 e. The summed E-state index contributed by atoms with van der Waals surface area (Å²) in [5.74, 6) is -0.971. The molecule has 1 fully saturated rings. The number of aryl methyl sites for hydroxylation is 1. The van der Waals surface area contributed by atoms with Gasteiger partial charge in [0.05, 0.1) is 24.0 Å². The van der Waals surface area contributed by atoms with Crippen LogP contribution in [0.4, 0.5) is 24.8 Å². The third-order valence-electron chi connectivity index (χ3n) is 4.94. The number of halogens is 3. The fourth-order valence-corrected chi connectivity index (χ4v) is 3.49. The first-order valence-electron chi connectivity index (χ1n) is 10.1. The quantitative estimate of drug-likeness (QED) is 0.596. The molecule has 0 aromatic carbocycles. The van der Waals surface area contributed by atoms with E-state index in [1.807, 2.05) is 0 Å². The van der Waals surface area contributed by atoms with Gasteiger partial charge in [0.25, 0.3) is 12.3 Å². The van der Waals surface area contributed by atoms with E-state index in [4.69, 9.17) is 4.74 Å². The molecule has 0 spiro atoms. The Kier molecular flexibility index (Phi) is 6.12. The maximum absolute atomic E-state index is 14.3. The number of imidazole rings is 1. The zero-order valence-corrected chi connectivity index (χ0v) is 17.5. The van der Waals surface area contributed by atoms with E-state index in [1.165, 1.54) is 22.9 Å². The van der Waals surface area contributed by atoms with Crippen molar-refractivity contribution in [3.63, 3.8) is 0 Å². The van der Waals surface area contributed by atoms with Gasteiger partial charge in [-0.2, -0.15) is 4.98 Å². The molecule has 3 aromatic heterocycles. The summed E-state index contributed by atoms with van der Waals surface area (Å²) < 4.78 is 47.4. The molecule has 32 heavy (non-hydrogen) atoms. The van der Waals surface area contributed by atoms with Crippen molar-refractivity contribution in [1.82, 2.24) is 24.7 Å². The predicted octanol–water partition coefficient (Wildman–Crippen LogP) is 2.27. The number of alkyl halides is 2. The van der Waals surface area contributed by atoms with Crippen LogP contribution >= 0.6 is 0 Å². The van der Waals surface area contributed by atoms with Crippen molar-refractivity contribution in [2.45, 2.75) is 26.3 Å². The molecule has 1 aliphatic rings. The predicted molar refractivity (Wildman–Crippen MR) is 111 cm³/mol. The Balaban J connectivity index is 1.58. The van der Waals surface area contributed by atoms with E-state index < -0.39 is 24.2 Å². The van der Waals surface area contributed by atoms with Gasteiger partial charge in [-0.3, -0.25) is 4.79 Å². The lowest BCUT2D eigenvalue weighted by atomic mass is 10.2. The lowest BCUT2D eigenvalue weighted by molar-refractivity contribution is 0.0955. The minimum absolute atomic E-state index is 0.0159. The van der Waals surface area contributed by atoms with Crippen molar-refractivity contribution in [3.05, 3.63) is 41.7 Å². The molecule has 0 bridgehead atoms. The molecule has 4 rings (SSSR count). The number of aromatic nitrogens is 4.